The highest BCUT2D eigenvalue weighted by Crippen LogP contribution is 2.47. The van der Waals surface area contributed by atoms with Gasteiger partial charge in [0.25, 0.3) is 0 Å². The molecule has 40 heavy (non-hydrogen) atoms. The summed E-state index contributed by atoms with van der Waals surface area (Å²) in [6.45, 7) is 5.36. The molecule has 2 heterocycles. The number of carbonyl (C=O) groups is 1. The minimum atomic E-state index is -1.54. The Kier molecular flexibility index (Phi) is 7.29. The van der Waals surface area contributed by atoms with Gasteiger partial charge in [0.2, 0.25) is 0 Å². The zero-order chi connectivity index (χ0) is 27.9. The lowest BCUT2D eigenvalue weighted by Gasteiger charge is -2.37. The molecule has 7 nitrogen and oxygen atoms in total. The van der Waals surface area contributed by atoms with Crippen molar-refractivity contribution >= 4 is 24.4 Å². The first-order valence-corrected chi connectivity index (χ1v) is 14.1. The molecular weight excluding hydrogens is 510 g/mol. The van der Waals surface area contributed by atoms with Crippen LogP contribution >= 0.6 is 0 Å². The van der Waals surface area contributed by atoms with Gasteiger partial charge in [-0.1, -0.05) is 24.3 Å². The molecule has 3 aromatic rings. The van der Waals surface area contributed by atoms with Crippen LogP contribution in [-0.4, -0.2) is 60.0 Å². The zero-order valence-electron chi connectivity index (χ0n) is 22.7. The van der Waals surface area contributed by atoms with Gasteiger partial charge in [-0.15, -0.1) is 0 Å². The average molecular weight is 544 g/mol. The van der Waals surface area contributed by atoms with E-state index in [4.69, 9.17) is 9.47 Å². The van der Waals surface area contributed by atoms with Crippen LogP contribution < -0.4 is 15.1 Å². The highest BCUT2D eigenvalue weighted by Gasteiger charge is 2.47. The molecule has 2 saturated heterocycles. The number of benzene rings is 3. The number of nitrogens with zero attached hydrogens (tertiary/aromatic N) is 2. The van der Waals surface area contributed by atoms with Gasteiger partial charge in [0.15, 0.2) is 0 Å². The van der Waals surface area contributed by atoms with Gasteiger partial charge in [-0.2, -0.15) is 0 Å². The molecule has 2 aliphatic heterocycles. The smallest absolute Gasteiger partial charge is 0.488 e. The van der Waals surface area contributed by atoms with Gasteiger partial charge in [-0.25, -0.2) is 9.18 Å². The second kappa shape index (κ2) is 10.9. The van der Waals surface area contributed by atoms with Crippen LogP contribution in [-0.2, 0) is 11.3 Å². The van der Waals surface area contributed by atoms with E-state index in [1.54, 1.807) is 29.2 Å². The summed E-state index contributed by atoms with van der Waals surface area (Å²) in [5.41, 5.74) is 5.11. The molecule has 208 valence electrons. The number of likely N-dealkylation sites (tertiary alicyclic amines) is 1. The van der Waals surface area contributed by atoms with Crippen molar-refractivity contribution in [3.05, 3.63) is 77.6 Å². The summed E-state index contributed by atoms with van der Waals surface area (Å²) in [4.78, 5) is 16.8. The summed E-state index contributed by atoms with van der Waals surface area (Å²) in [6.07, 6.45) is 3.43. The largest absolute Gasteiger partial charge is 0.494 e. The summed E-state index contributed by atoms with van der Waals surface area (Å²) in [6, 6.07) is 17.8. The quantitative estimate of drug-likeness (QED) is 0.409. The summed E-state index contributed by atoms with van der Waals surface area (Å²) in [5, 5.41) is 18.7. The topological polar surface area (TPSA) is 82.5 Å². The van der Waals surface area contributed by atoms with Crippen molar-refractivity contribution in [1.29, 1.82) is 0 Å². The van der Waals surface area contributed by atoms with Crippen LogP contribution in [0.25, 0.3) is 11.1 Å². The van der Waals surface area contributed by atoms with Gasteiger partial charge in [-0.05, 0) is 84.2 Å². The first kappa shape index (κ1) is 26.8. The van der Waals surface area contributed by atoms with E-state index in [0.717, 1.165) is 54.9 Å². The number of halogens is 1. The molecule has 1 aliphatic carbocycles. The Morgan fingerprint density at radius 1 is 1.05 bits per heavy atom. The molecular formula is C31H34BFN2O5. The minimum absolute atomic E-state index is 0.239. The lowest BCUT2D eigenvalue weighted by Crippen LogP contribution is -2.46. The van der Waals surface area contributed by atoms with Crippen molar-refractivity contribution in [3.8, 4) is 16.9 Å². The molecule has 3 aliphatic rings. The molecule has 6 rings (SSSR count). The van der Waals surface area contributed by atoms with E-state index in [0.29, 0.717) is 30.2 Å². The summed E-state index contributed by atoms with van der Waals surface area (Å²) < 4.78 is 25.6. The number of ether oxygens (including phenoxy) is 2. The van der Waals surface area contributed by atoms with Crippen molar-refractivity contribution in [1.82, 2.24) is 4.90 Å². The Labute approximate surface area is 234 Å². The molecule has 1 saturated carbocycles. The van der Waals surface area contributed by atoms with Gasteiger partial charge in [0.05, 0.1) is 13.2 Å². The van der Waals surface area contributed by atoms with E-state index >= 15 is 0 Å². The fourth-order valence-electron chi connectivity index (χ4n) is 5.94. The standard InChI is InChI=1S/C31H34BFN2O5/c1-2-39-29-18-28(22-5-9-25(33)10-6-22)27(21-3-4-21)17-23(29)19-34-15-13-31(14-16-34)20-35(30(36)40-31)26-11-7-24(8-12-26)32(37)38/h5-12,17-18,21,37-38H,2-4,13-16,19-20H2,1H3. The molecule has 9 heteroatoms. The molecule has 0 atom stereocenters. The molecule has 0 bridgehead atoms. The minimum Gasteiger partial charge on any atom is -0.494 e. The molecule has 3 fully saturated rings. The molecule has 0 aromatic heterocycles. The third-order valence-corrected chi connectivity index (χ3v) is 8.34. The van der Waals surface area contributed by atoms with Crippen molar-refractivity contribution in [3.63, 3.8) is 0 Å². The molecule has 3 aromatic carbocycles. The Bertz CT molecular complexity index is 1370. The maximum Gasteiger partial charge on any atom is 0.488 e. The highest BCUT2D eigenvalue weighted by molar-refractivity contribution is 6.58. The SMILES string of the molecule is CCOc1cc(-c2ccc(F)cc2)c(C2CC2)cc1CN1CCC2(CC1)CN(c1ccc(B(O)O)cc1)C(=O)O2. The number of hydrogen-bond acceptors (Lipinski definition) is 6. The molecule has 2 N–H and O–H groups in total. The van der Waals surface area contributed by atoms with Crippen LogP contribution in [0.2, 0.25) is 0 Å². The van der Waals surface area contributed by atoms with E-state index in [9.17, 15) is 19.2 Å². The lowest BCUT2D eigenvalue weighted by atomic mass is 9.80. The summed E-state index contributed by atoms with van der Waals surface area (Å²) >= 11 is 0. The summed E-state index contributed by atoms with van der Waals surface area (Å²) in [7, 11) is -1.54. The van der Waals surface area contributed by atoms with Gasteiger partial charge in [0.1, 0.15) is 17.2 Å². The van der Waals surface area contributed by atoms with Crippen LogP contribution in [0.3, 0.4) is 0 Å². The van der Waals surface area contributed by atoms with E-state index in [1.807, 2.05) is 19.1 Å². The third-order valence-electron chi connectivity index (χ3n) is 8.34. The zero-order valence-corrected chi connectivity index (χ0v) is 22.7. The number of rotatable bonds is 8. The van der Waals surface area contributed by atoms with E-state index < -0.39 is 12.7 Å². The summed E-state index contributed by atoms with van der Waals surface area (Å²) in [5.74, 6) is 1.15. The Morgan fingerprint density at radius 2 is 1.75 bits per heavy atom. The fourth-order valence-corrected chi connectivity index (χ4v) is 5.94. The van der Waals surface area contributed by atoms with Crippen LogP contribution in [0, 0.1) is 5.82 Å². The van der Waals surface area contributed by atoms with E-state index in [1.165, 1.54) is 30.5 Å². The molecule has 1 amide bonds. The molecule has 0 radical (unpaired) electrons. The number of piperidine rings is 1. The number of amides is 1. The Hall–Kier alpha value is -3.40. The van der Waals surface area contributed by atoms with Crippen LogP contribution in [0.1, 0.15) is 49.7 Å². The predicted molar refractivity (Wildman–Crippen MR) is 152 cm³/mol. The molecule has 0 unspecified atom stereocenters. The first-order chi connectivity index (χ1) is 19.3. The lowest BCUT2D eigenvalue weighted by molar-refractivity contribution is -0.00111. The van der Waals surface area contributed by atoms with Gasteiger partial charge in [0, 0.05) is 43.7 Å². The monoisotopic (exact) mass is 544 g/mol. The maximum atomic E-state index is 13.6. The van der Waals surface area contributed by atoms with Crippen molar-refractivity contribution in [2.45, 2.75) is 50.7 Å². The van der Waals surface area contributed by atoms with E-state index in [2.05, 4.69) is 17.0 Å². The van der Waals surface area contributed by atoms with Gasteiger partial charge < -0.3 is 19.5 Å². The Balaban J connectivity index is 1.16. The second-order valence-corrected chi connectivity index (χ2v) is 11.1. The van der Waals surface area contributed by atoms with Crippen molar-refractivity contribution in [2.24, 2.45) is 0 Å². The third kappa shape index (κ3) is 5.46. The predicted octanol–water partition coefficient (Wildman–Crippen LogP) is 4.44. The van der Waals surface area contributed by atoms with Crippen LogP contribution in [0.5, 0.6) is 5.75 Å². The van der Waals surface area contributed by atoms with Crippen LogP contribution in [0.4, 0.5) is 14.9 Å². The van der Waals surface area contributed by atoms with Crippen molar-refractivity contribution < 1.29 is 28.7 Å². The van der Waals surface area contributed by atoms with Crippen LogP contribution in [0.15, 0.2) is 60.7 Å². The molecule has 1 spiro atoms. The average Bonchev–Trinajstić information content (AvgIpc) is 3.75. The first-order valence-electron chi connectivity index (χ1n) is 14.1. The Morgan fingerprint density at radius 3 is 2.38 bits per heavy atom. The number of hydrogen-bond donors (Lipinski definition) is 2. The number of anilines is 1. The second-order valence-electron chi connectivity index (χ2n) is 11.1. The number of carbonyl (C=O) groups excluding carboxylic acids is 1. The fraction of sp³-hybridized carbons (Fsp3) is 0.387. The van der Waals surface area contributed by atoms with Gasteiger partial charge >= 0.3 is 13.2 Å². The van der Waals surface area contributed by atoms with Crippen molar-refractivity contribution in [2.75, 3.05) is 31.1 Å². The normalized spacial score (nSPS) is 18.7. The maximum absolute atomic E-state index is 13.6. The van der Waals surface area contributed by atoms with E-state index in [-0.39, 0.29) is 11.9 Å². The van der Waals surface area contributed by atoms with Gasteiger partial charge in [-0.3, -0.25) is 9.80 Å². The highest BCUT2D eigenvalue weighted by atomic mass is 19.1.